The zero-order chi connectivity index (χ0) is 23.6. The van der Waals surface area contributed by atoms with Crippen LogP contribution >= 0.6 is 0 Å². The van der Waals surface area contributed by atoms with Crippen molar-refractivity contribution in [3.8, 4) is 0 Å². The minimum absolute atomic E-state index is 0.127. The summed E-state index contributed by atoms with van der Waals surface area (Å²) in [5.41, 5.74) is 6.29. The van der Waals surface area contributed by atoms with Gasteiger partial charge in [0.05, 0.1) is 6.61 Å². The smallest absolute Gasteiger partial charge is 0.325 e. The lowest BCUT2D eigenvalue weighted by molar-refractivity contribution is -0.141. The van der Waals surface area contributed by atoms with Crippen LogP contribution in [0, 0.1) is 5.92 Å². The third kappa shape index (κ3) is 8.35. The molecule has 7 N–H and O–H groups in total. The molecule has 5 atom stereocenters. The number of carbonyl (C=O) groups excluding carboxylic acids is 3. The molecule has 0 saturated heterocycles. The number of aliphatic carboxylic acids is 1. The monoisotopic (exact) mass is 436 g/mol. The van der Waals surface area contributed by atoms with Gasteiger partial charge in [-0.2, -0.15) is 0 Å². The van der Waals surface area contributed by atoms with Crippen LogP contribution in [0.25, 0.3) is 0 Å². The van der Waals surface area contributed by atoms with E-state index >= 15 is 0 Å². The number of rotatable bonds is 12. The molecule has 10 nitrogen and oxygen atoms in total. The molecule has 0 bridgehead atoms. The number of amides is 3. The third-order valence-electron chi connectivity index (χ3n) is 4.97. The number of aliphatic hydroxyl groups excluding tert-OH is 1. The van der Waals surface area contributed by atoms with Crippen molar-refractivity contribution in [3.05, 3.63) is 35.9 Å². The number of aliphatic hydroxyl groups is 1. The molecule has 1 rings (SSSR count). The van der Waals surface area contributed by atoms with Crippen LogP contribution in [0.4, 0.5) is 0 Å². The predicted octanol–water partition coefficient (Wildman–Crippen LogP) is -0.846. The number of nitrogens with one attached hydrogen (secondary N) is 3. The van der Waals surface area contributed by atoms with Crippen LogP contribution in [0.5, 0.6) is 0 Å². The van der Waals surface area contributed by atoms with Gasteiger partial charge in [0, 0.05) is 6.42 Å². The summed E-state index contributed by atoms with van der Waals surface area (Å²) in [5.74, 6) is -3.44. The number of carboxylic acids is 1. The molecule has 31 heavy (non-hydrogen) atoms. The van der Waals surface area contributed by atoms with Crippen LogP contribution in [0.1, 0.15) is 32.8 Å². The Morgan fingerprint density at radius 3 is 2.10 bits per heavy atom. The Labute approximate surface area is 181 Å². The van der Waals surface area contributed by atoms with E-state index in [0.717, 1.165) is 5.56 Å². The Bertz CT molecular complexity index is 757. The number of benzene rings is 1. The summed E-state index contributed by atoms with van der Waals surface area (Å²) in [6.07, 6.45) is 0.681. The highest BCUT2D eigenvalue weighted by atomic mass is 16.4. The van der Waals surface area contributed by atoms with E-state index in [1.807, 2.05) is 13.0 Å². The van der Waals surface area contributed by atoms with Crippen LogP contribution < -0.4 is 21.7 Å². The van der Waals surface area contributed by atoms with E-state index in [4.69, 9.17) is 15.9 Å². The van der Waals surface area contributed by atoms with Gasteiger partial charge in [-0.25, -0.2) is 0 Å². The number of carbonyl (C=O) groups is 4. The minimum Gasteiger partial charge on any atom is -0.480 e. The standard InChI is InChI=1S/C21H32N4O6/c1-4-12(2)17(25-18(27)15(22)11-26)20(29)24-16(10-14-8-6-5-7-9-14)19(28)23-13(3)21(30)31/h5-9,12-13,15-17,26H,4,10-11,22H2,1-3H3,(H,23,28)(H,24,29)(H,25,27)(H,30,31). The highest BCUT2D eigenvalue weighted by molar-refractivity contribution is 5.94. The average Bonchev–Trinajstić information content (AvgIpc) is 2.75. The fourth-order valence-electron chi connectivity index (χ4n) is 2.74. The molecule has 10 heteroatoms. The van der Waals surface area contributed by atoms with Crippen molar-refractivity contribution in [2.75, 3.05) is 6.61 Å². The molecule has 5 unspecified atom stereocenters. The summed E-state index contributed by atoms with van der Waals surface area (Å²) in [6, 6.07) is 4.55. The van der Waals surface area contributed by atoms with Crippen LogP contribution in [0.3, 0.4) is 0 Å². The molecule has 0 aliphatic carbocycles. The van der Waals surface area contributed by atoms with Gasteiger partial charge in [0.15, 0.2) is 0 Å². The second-order valence-electron chi connectivity index (χ2n) is 7.48. The second kappa shape index (κ2) is 12.7. The quantitative estimate of drug-likeness (QED) is 0.248. The summed E-state index contributed by atoms with van der Waals surface area (Å²) in [7, 11) is 0. The summed E-state index contributed by atoms with van der Waals surface area (Å²) < 4.78 is 0. The molecular formula is C21H32N4O6. The molecule has 172 valence electrons. The molecular weight excluding hydrogens is 404 g/mol. The fourth-order valence-corrected chi connectivity index (χ4v) is 2.74. The van der Waals surface area contributed by atoms with E-state index in [9.17, 15) is 19.2 Å². The van der Waals surface area contributed by atoms with Crippen molar-refractivity contribution in [3.63, 3.8) is 0 Å². The Balaban J connectivity index is 3.06. The lowest BCUT2D eigenvalue weighted by atomic mass is 9.96. The maximum atomic E-state index is 13.0. The van der Waals surface area contributed by atoms with Gasteiger partial charge in [-0.1, -0.05) is 50.6 Å². The minimum atomic E-state index is -1.21. The molecule has 0 radical (unpaired) electrons. The topological polar surface area (TPSA) is 171 Å². The molecule has 1 aromatic carbocycles. The van der Waals surface area contributed by atoms with Gasteiger partial charge in [-0.15, -0.1) is 0 Å². The van der Waals surface area contributed by atoms with Crippen LogP contribution in [0.15, 0.2) is 30.3 Å². The van der Waals surface area contributed by atoms with Crippen molar-refractivity contribution in [2.45, 2.75) is 57.8 Å². The zero-order valence-corrected chi connectivity index (χ0v) is 18.0. The molecule has 0 aliphatic heterocycles. The number of carboxylic acid groups (broad SMARTS) is 1. The molecule has 0 aliphatic rings. The average molecular weight is 437 g/mol. The normalized spacial score (nSPS) is 15.6. The van der Waals surface area contributed by atoms with Crippen molar-refractivity contribution in [2.24, 2.45) is 11.7 Å². The first-order chi connectivity index (χ1) is 14.6. The largest absolute Gasteiger partial charge is 0.480 e. The maximum Gasteiger partial charge on any atom is 0.325 e. The van der Waals surface area contributed by atoms with E-state index < -0.39 is 54.5 Å². The Kier molecular flexibility index (Phi) is 10.6. The highest BCUT2D eigenvalue weighted by Crippen LogP contribution is 2.10. The van der Waals surface area contributed by atoms with Crippen LogP contribution in [0.2, 0.25) is 0 Å². The van der Waals surface area contributed by atoms with Crippen molar-refractivity contribution in [1.29, 1.82) is 0 Å². The molecule has 0 fully saturated rings. The summed E-state index contributed by atoms with van der Waals surface area (Å²) in [6.45, 7) is 4.34. The molecule has 0 saturated carbocycles. The fraction of sp³-hybridized carbons (Fsp3) is 0.524. The van der Waals surface area contributed by atoms with Gasteiger partial charge in [-0.3, -0.25) is 19.2 Å². The Hall–Kier alpha value is -2.98. The lowest BCUT2D eigenvalue weighted by Crippen LogP contribution is -2.59. The molecule has 3 amide bonds. The van der Waals surface area contributed by atoms with E-state index in [0.29, 0.717) is 6.42 Å². The van der Waals surface area contributed by atoms with E-state index in [1.54, 1.807) is 31.2 Å². The van der Waals surface area contributed by atoms with E-state index in [2.05, 4.69) is 16.0 Å². The first kappa shape index (κ1) is 26.1. The summed E-state index contributed by atoms with van der Waals surface area (Å²) in [5, 5.41) is 25.7. The first-order valence-corrected chi connectivity index (χ1v) is 10.1. The van der Waals surface area contributed by atoms with Crippen molar-refractivity contribution < 1.29 is 29.4 Å². The van der Waals surface area contributed by atoms with Crippen LogP contribution in [-0.2, 0) is 25.6 Å². The van der Waals surface area contributed by atoms with E-state index in [1.165, 1.54) is 6.92 Å². The molecule has 0 aromatic heterocycles. The highest BCUT2D eigenvalue weighted by Gasteiger charge is 2.31. The van der Waals surface area contributed by atoms with E-state index in [-0.39, 0.29) is 12.3 Å². The number of hydrogen-bond acceptors (Lipinski definition) is 6. The van der Waals surface area contributed by atoms with Crippen molar-refractivity contribution >= 4 is 23.7 Å². The lowest BCUT2D eigenvalue weighted by Gasteiger charge is -2.27. The number of hydrogen-bond donors (Lipinski definition) is 6. The molecule has 0 spiro atoms. The van der Waals surface area contributed by atoms with Gasteiger partial charge in [0.25, 0.3) is 0 Å². The maximum absolute atomic E-state index is 13.0. The van der Waals surface area contributed by atoms with Crippen LogP contribution in [-0.4, -0.2) is 64.7 Å². The molecule has 1 aromatic rings. The van der Waals surface area contributed by atoms with Gasteiger partial charge in [-0.05, 0) is 18.4 Å². The van der Waals surface area contributed by atoms with Gasteiger partial charge >= 0.3 is 5.97 Å². The van der Waals surface area contributed by atoms with Gasteiger partial charge in [0.1, 0.15) is 24.2 Å². The molecule has 0 heterocycles. The third-order valence-corrected chi connectivity index (χ3v) is 4.97. The second-order valence-corrected chi connectivity index (χ2v) is 7.48. The Morgan fingerprint density at radius 2 is 1.58 bits per heavy atom. The number of nitrogens with two attached hydrogens (primary N) is 1. The summed E-state index contributed by atoms with van der Waals surface area (Å²) in [4.78, 5) is 48.9. The Morgan fingerprint density at radius 1 is 0.968 bits per heavy atom. The summed E-state index contributed by atoms with van der Waals surface area (Å²) >= 11 is 0. The first-order valence-electron chi connectivity index (χ1n) is 10.1. The predicted molar refractivity (Wildman–Crippen MR) is 114 cm³/mol. The van der Waals surface area contributed by atoms with Gasteiger partial charge < -0.3 is 31.9 Å². The SMILES string of the molecule is CCC(C)C(NC(=O)C(N)CO)C(=O)NC(Cc1ccccc1)C(=O)NC(C)C(=O)O. The van der Waals surface area contributed by atoms with Crippen molar-refractivity contribution in [1.82, 2.24) is 16.0 Å². The van der Waals surface area contributed by atoms with Gasteiger partial charge in [0.2, 0.25) is 17.7 Å². The zero-order valence-electron chi connectivity index (χ0n) is 18.0.